The lowest BCUT2D eigenvalue weighted by atomic mass is 9.40. The van der Waals surface area contributed by atoms with Crippen LogP contribution in [0.4, 0.5) is 0 Å². The van der Waals surface area contributed by atoms with Crippen LogP contribution >= 0.6 is 0 Å². The van der Waals surface area contributed by atoms with Gasteiger partial charge >= 0.3 is 0 Å². The average molecular weight is 533 g/mol. The van der Waals surface area contributed by atoms with E-state index in [-0.39, 0.29) is 57.3 Å². The predicted octanol–water partition coefficient (Wildman–Crippen LogP) is 6.57. The molecule has 0 aromatic carbocycles. The Morgan fingerprint density at radius 2 is 1.55 bits per heavy atom. The first-order valence-corrected chi connectivity index (χ1v) is 15.2. The second-order valence-electron chi connectivity index (χ2n) is 15.8. The maximum absolute atomic E-state index is 11.1. The molecule has 11 atom stereocenters. The number of hydrogen-bond acceptors (Lipinski definition) is 5. The van der Waals surface area contributed by atoms with E-state index in [1.807, 2.05) is 14.2 Å². The van der Waals surface area contributed by atoms with Crippen molar-refractivity contribution < 1.29 is 24.1 Å². The summed E-state index contributed by atoms with van der Waals surface area (Å²) < 4.78 is 25.6. The van der Waals surface area contributed by atoms with Crippen molar-refractivity contribution in [3.8, 4) is 0 Å². The fourth-order valence-electron chi connectivity index (χ4n) is 11.1. The quantitative estimate of drug-likeness (QED) is 0.406. The SMILES string of the molecule is CO[C@H]1C[C@@]2(C)[C@@H]3C[C@H](OC)[C@H]4C(C)(C)[C@@H](O)CC[C@]4(C)C3=CC[C@]2(C)[C@H]1[C@@]1(C)CC[C@@H](C(C)(C)OC)O1. The van der Waals surface area contributed by atoms with Crippen LogP contribution in [0, 0.1) is 39.4 Å². The summed E-state index contributed by atoms with van der Waals surface area (Å²) in [4.78, 5) is 0. The van der Waals surface area contributed by atoms with Crippen molar-refractivity contribution in [2.45, 2.75) is 136 Å². The van der Waals surface area contributed by atoms with Gasteiger partial charge in [-0.1, -0.05) is 46.3 Å². The first-order chi connectivity index (χ1) is 17.6. The molecule has 4 fully saturated rings. The highest BCUT2D eigenvalue weighted by molar-refractivity contribution is 5.35. The second kappa shape index (κ2) is 9.02. The molecule has 4 aliphatic carbocycles. The molecule has 5 rings (SSSR count). The van der Waals surface area contributed by atoms with E-state index in [2.05, 4.69) is 61.5 Å². The maximum atomic E-state index is 11.1. The first kappa shape index (κ1) is 29.0. The lowest BCUT2D eigenvalue weighted by Crippen LogP contribution is -2.62. The van der Waals surface area contributed by atoms with E-state index in [0.717, 1.165) is 44.9 Å². The molecule has 0 amide bonds. The highest BCUT2D eigenvalue weighted by Gasteiger charge is 2.72. The van der Waals surface area contributed by atoms with Crippen molar-refractivity contribution in [2.75, 3.05) is 21.3 Å². The summed E-state index contributed by atoms with van der Waals surface area (Å²) in [7, 11) is 5.60. The van der Waals surface area contributed by atoms with E-state index >= 15 is 0 Å². The molecule has 1 saturated heterocycles. The highest BCUT2D eigenvalue weighted by atomic mass is 16.6. The Bertz CT molecular complexity index is 957. The van der Waals surface area contributed by atoms with E-state index in [4.69, 9.17) is 18.9 Å². The largest absolute Gasteiger partial charge is 0.393 e. The van der Waals surface area contributed by atoms with Crippen LogP contribution in [0.1, 0.15) is 100 Å². The molecular formula is C33H56O5. The van der Waals surface area contributed by atoms with Crippen molar-refractivity contribution in [3.05, 3.63) is 11.6 Å². The van der Waals surface area contributed by atoms with E-state index in [1.54, 1.807) is 12.7 Å². The topological polar surface area (TPSA) is 57.2 Å². The summed E-state index contributed by atoms with van der Waals surface area (Å²) >= 11 is 0. The zero-order valence-corrected chi connectivity index (χ0v) is 26.1. The Kier molecular flexibility index (Phi) is 6.89. The van der Waals surface area contributed by atoms with Gasteiger partial charge in [0.05, 0.1) is 35.6 Å². The van der Waals surface area contributed by atoms with Crippen LogP contribution in [-0.2, 0) is 18.9 Å². The fraction of sp³-hybridized carbons (Fsp3) is 0.939. The molecule has 0 bridgehead atoms. The van der Waals surface area contributed by atoms with E-state index in [9.17, 15) is 5.11 Å². The summed E-state index contributed by atoms with van der Waals surface area (Å²) in [5, 5.41) is 11.1. The standard InChI is InChI=1S/C33H56O5/c1-28(2)24(34)13-15-30(5)20-12-16-31(6)27(33(8)17-14-25(38-33)29(3,4)37-11)23(36-10)19-32(31,7)21(20)18-22(35-9)26(28)30/h12,21-27,34H,13-19H2,1-11H3/t21-,22+,23+,24+,25+,26+,27+,30-,31-,32+,33-/m1/s1. The highest BCUT2D eigenvalue weighted by Crippen LogP contribution is 2.74. The van der Waals surface area contributed by atoms with Gasteiger partial charge in [-0.3, -0.25) is 0 Å². The summed E-state index contributed by atoms with van der Waals surface area (Å²) in [6.07, 6.45) is 9.81. The predicted molar refractivity (Wildman–Crippen MR) is 151 cm³/mol. The third kappa shape index (κ3) is 3.67. The smallest absolute Gasteiger partial charge is 0.0883 e. The molecule has 0 aromatic heterocycles. The van der Waals surface area contributed by atoms with Crippen LogP contribution in [0.2, 0.25) is 0 Å². The molecule has 0 spiro atoms. The number of methoxy groups -OCH3 is 3. The van der Waals surface area contributed by atoms with Gasteiger partial charge in [-0.05, 0) is 93.3 Å². The van der Waals surface area contributed by atoms with Gasteiger partial charge in [0.2, 0.25) is 0 Å². The fourth-order valence-corrected chi connectivity index (χ4v) is 11.1. The Hall–Kier alpha value is -0.460. The molecule has 1 heterocycles. The Labute approximate surface area is 232 Å². The van der Waals surface area contributed by atoms with Crippen LogP contribution in [0.3, 0.4) is 0 Å². The van der Waals surface area contributed by atoms with Gasteiger partial charge in [0.1, 0.15) is 0 Å². The summed E-state index contributed by atoms with van der Waals surface area (Å²) in [6, 6.07) is 0. The minimum absolute atomic E-state index is 0.0403. The van der Waals surface area contributed by atoms with Crippen LogP contribution < -0.4 is 0 Å². The average Bonchev–Trinajstić information content (AvgIpc) is 3.37. The third-order valence-corrected chi connectivity index (χ3v) is 13.5. The zero-order chi connectivity index (χ0) is 28.1. The lowest BCUT2D eigenvalue weighted by Gasteiger charge is -2.65. The third-order valence-electron chi connectivity index (χ3n) is 13.5. The van der Waals surface area contributed by atoms with E-state index in [0.29, 0.717) is 17.8 Å². The number of fused-ring (bicyclic) bond motifs is 5. The monoisotopic (exact) mass is 532 g/mol. The first-order valence-electron chi connectivity index (χ1n) is 15.2. The molecule has 3 saturated carbocycles. The van der Waals surface area contributed by atoms with Crippen molar-refractivity contribution in [1.29, 1.82) is 0 Å². The van der Waals surface area contributed by atoms with E-state index < -0.39 is 0 Å². The van der Waals surface area contributed by atoms with Crippen LogP contribution in [0.25, 0.3) is 0 Å². The molecule has 5 nitrogen and oxygen atoms in total. The lowest BCUT2D eigenvalue weighted by molar-refractivity contribution is -0.191. The number of aliphatic hydroxyl groups excluding tert-OH is 1. The normalized spacial score (nSPS) is 52.2. The van der Waals surface area contributed by atoms with Crippen LogP contribution in [0.15, 0.2) is 11.6 Å². The molecular weight excluding hydrogens is 476 g/mol. The Balaban J connectivity index is 1.57. The Morgan fingerprint density at radius 1 is 0.895 bits per heavy atom. The van der Waals surface area contributed by atoms with Crippen molar-refractivity contribution >= 4 is 0 Å². The van der Waals surface area contributed by atoms with E-state index in [1.165, 1.54) is 0 Å². The number of allylic oxidation sites excluding steroid dienone is 2. The van der Waals surface area contributed by atoms with Gasteiger partial charge in [-0.15, -0.1) is 0 Å². The molecule has 38 heavy (non-hydrogen) atoms. The molecule has 5 aliphatic rings. The molecule has 1 N–H and O–H groups in total. The Morgan fingerprint density at radius 3 is 2.16 bits per heavy atom. The number of rotatable bonds is 5. The maximum Gasteiger partial charge on any atom is 0.0883 e. The van der Waals surface area contributed by atoms with Crippen molar-refractivity contribution in [2.24, 2.45) is 39.4 Å². The van der Waals surface area contributed by atoms with Gasteiger partial charge in [0, 0.05) is 33.2 Å². The molecule has 5 heteroatoms. The zero-order valence-electron chi connectivity index (χ0n) is 26.1. The summed E-state index contributed by atoms with van der Waals surface area (Å²) in [5.74, 6) is 1.05. The van der Waals surface area contributed by atoms with Crippen LogP contribution in [-0.4, -0.2) is 62.1 Å². The summed E-state index contributed by atoms with van der Waals surface area (Å²) in [6.45, 7) is 18.8. The van der Waals surface area contributed by atoms with Gasteiger partial charge in [-0.25, -0.2) is 0 Å². The van der Waals surface area contributed by atoms with Crippen molar-refractivity contribution in [1.82, 2.24) is 0 Å². The number of hydrogen-bond donors (Lipinski definition) is 1. The van der Waals surface area contributed by atoms with Gasteiger partial charge < -0.3 is 24.1 Å². The number of aliphatic hydroxyl groups is 1. The minimum Gasteiger partial charge on any atom is -0.393 e. The molecule has 218 valence electrons. The van der Waals surface area contributed by atoms with Gasteiger partial charge in [0.15, 0.2) is 0 Å². The van der Waals surface area contributed by atoms with Crippen LogP contribution in [0.5, 0.6) is 0 Å². The van der Waals surface area contributed by atoms with Crippen molar-refractivity contribution in [3.63, 3.8) is 0 Å². The molecule has 0 unspecified atom stereocenters. The minimum atomic E-state index is -0.306. The van der Waals surface area contributed by atoms with Gasteiger partial charge in [-0.2, -0.15) is 0 Å². The molecule has 0 radical (unpaired) electrons. The molecule has 1 aliphatic heterocycles. The number of ether oxygens (including phenoxy) is 4. The summed E-state index contributed by atoms with van der Waals surface area (Å²) in [5.41, 5.74) is 1.07. The van der Waals surface area contributed by atoms with Gasteiger partial charge in [0.25, 0.3) is 0 Å². The molecule has 0 aromatic rings. The second-order valence-corrected chi connectivity index (χ2v) is 15.8.